The van der Waals surface area contributed by atoms with E-state index in [2.05, 4.69) is 79.1 Å². The molecule has 62 heavy (non-hydrogen) atoms. The number of hydrazine groups is 1. The number of rotatable bonds is 7. The Kier molecular flexibility index (Phi) is 12.0. The van der Waals surface area contributed by atoms with Crippen LogP contribution in [0.4, 0.5) is 4.79 Å². The predicted molar refractivity (Wildman–Crippen MR) is 241 cm³/mol. The molecule has 1 aromatic carbocycles. The number of likely N-dealkylation sites (N-methyl/N-ethyl adjacent to an activating group) is 2. The molecule has 3 aromatic heterocycles. The van der Waals surface area contributed by atoms with Crippen LogP contribution in [0.5, 0.6) is 0 Å². The number of nitrogens with one attached hydrogen (secondary N) is 2. The molecule has 4 aliphatic rings. The fraction of sp³-hybridized carbons (Fsp3) is 0.574. The van der Waals surface area contributed by atoms with Gasteiger partial charge in [-0.15, -0.1) is 11.3 Å². The number of aryl methyl sites for hydroxylation is 1. The molecule has 0 unspecified atom stereocenters. The predicted octanol–water partition coefficient (Wildman–Crippen LogP) is 6.08. The number of thiazole rings is 1. The van der Waals surface area contributed by atoms with Crippen LogP contribution in [-0.4, -0.2) is 129 Å². The zero-order valence-electron chi connectivity index (χ0n) is 37.8. The Morgan fingerprint density at radius 2 is 1.89 bits per heavy atom. The molecule has 7 heterocycles. The van der Waals surface area contributed by atoms with Gasteiger partial charge in [0.1, 0.15) is 18.1 Å². The van der Waals surface area contributed by atoms with Gasteiger partial charge >= 0.3 is 12.0 Å². The molecule has 4 amide bonds. The van der Waals surface area contributed by atoms with Gasteiger partial charge in [0.05, 0.1) is 34.2 Å². The third-order valence-corrected chi connectivity index (χ3v) is 14.2. The molecular weight excluding hydrogens is 803 g/mol. The van der Waals surface area contributed by atoms with Crippen molar-refractivity contribution in [2.75, 3.05) is 46.9 Å². The van der Waals surface area contributed by atoms with E-state index in [1.807, 2.05) is 43.4 Å². The average Bonchev–Trinajstić information content (AvgIpc) is 3.81. The SMILES string of the molecule is CCn1c(-c2cccnc2C(C)C)c2c3cc(ccc31)-c1csc(n1)C[C@H](NC(=O)[C@H](C(C)C)N(C)C(=O)N1CCC13CN(C)C3)C(=O)N1CCC[C@H](N1)C(=O)OCC(C)(C)C2. The molecule has 3 atom stereocenters. The van der Waals surface area contributed by atoms with Crippen LogP contribution < -0.4 is 10.7 Å². The molecule has 0 aliphatic carbocycles. The molecule has 2 N–H and O–H groups in total. The van der Waals surface area contributed by atoms with Crippen molar-refractivity contribution in [2.24, 2.45) is 11.3 Å². The molecule has 0 radical (unpaired) electrons. The van der Waals surface area contributed by atoms with Gasteiger partial charge in [-0.2, -0.15) is 0 Å². The van der Waals surface area contributed by atoms with Crippen molar-refractivity contribution in [1.29, 1.82) is 0 Å². The van der Waals surface area contributed by atoms with Crippen LogP contribution in [0.1, 0.15) is 89.9 Å². The van der Waals surface area contributed by atoms with Gasteiger partial charge in [-0.1, -0.05) is 47.6 Å². The Hall–Kier alpha value is -4.86. The minimum atomic E-state index is -1.02. The van der Waals surface area contributed by atoms with Gasteiger partial charge in [0.25, 0.3) is 5.91 Å². The number of likely N-dealkylation sites (tertiary alicyclic amines) is 2. The molecule has 1 spiro atoms. The van der Waals surface area contributed by atoms with Crippen molar-refractivity contribution in [3.8, 4) is 22.5 Å². The molecule has 4 aliphatic heterocycles. The molecule has 332 valence electrons. The number of benzene rings is 1. The Morgan fingerprint density at radius 3 is 2.56 bits per heavy atom. The van der Waals surface area contributed by atoms with Crippen molar-refractivity contribution in [3.05, 3.63) is 58.2 Å². The summed E-state index contributed by atoms with van der Waals surface area (Å²) in [6.45, 7) is 18.2. The third kappa shape index (κ3) is 8.11. The summed E-state index contributed by atoms with van der Waals surface area (Å²) in [5.41, 5.74) is 9.78. The van der Waals surface area contributed by atoms with Crippen LogP contribution in [0.2, 0.25) is 0 Å². The van der Waals surface area contributed by atoms with Crippen LogP contribution in [0.15, 0.2) is 41.9 Å². The van der Waals surface area contributed by atoms with E-state index in [1.165, 1.54) is 21.9 Å². The number of urea groups is 1. The van der Waals surface area contributed by atoms with Crippen LogP contribution in [0, 0.1) is 11.3 Å². The number of ether oxygens (including phenoxy) is 1. The Balaban J connectivity index is 1.17. The molecular formula is C47H63N9O5S. The van der Waals surface area contributed by atoms with E-state index in [1.54, 1.807) is 11.9 Å². The lowest BCUT2D eigenvalue weighted by molar-refractivity contribution is -0.155. The average molecular weight is 866 g/mol. The molecule has 15 heteroatoms. The number of nitrogens with zero attached hydrogens (tertiary/aromatic N) is 7. The zero-order chi connectivity index (χ0) is 44.2. The number of cyclic esters (lactones) is 1. The fourth-order valence-corrected chi connectivity index (χ4v) is 11.1. The molecule has 14 nitrogen and oxygen atoms in total. The summed E-state index contributed by atoms with van der Waals surface area (Å²) < 4.78 is 8.49. The summed E-state index contributed by atoms with van der Waals surface area (Å²) in [5.74, 6) is -1.24. The van der Waals surface area contributed by atoms with Gasteiger partial charge in [-0.3, -0.25) is 24.4 Å². The number of pyridine rings is 1. The van der Waals surface area contributed by atoms with Gasteiger partial charge in [-0.05, 0) is 81.3 Å². The van der Waals surface area contributed by atoms with E-state index in [0.717, 1.165) is 65.2 Å². The molecule has 3 fully saturated rings. The minimum absolute atomic E-state index is 0.129. The maximum atomic E-state index is 14.6. The molecule has 6 bridgehead atoms. The van der Waals surface area contributed by atoms with Crippen molar-refractivity contribution in [3.63, 3.8) is 0 Å². The highest BCUT2D eigenvalue weighted by molar-refractivity contribution is 7.10. The third-order valence-electron chi connectivity index (χ3n) is 13.3. The summed E-state index contributed by atoms with van der Waals surface area (Å²) >= 11 is 1.45. The standard InChI is InChI=1S/C47H63N9O5S/c1-10-54-37-16-15-30-21-32(37)33(41(54)31-13-11-18-48-39(31)28(2)3)23-46(6,7)27-61-44(59)34-14-12-19-56(51-34)43(58)35(22-38-49-36(30)24-62-38)50-42(57)40(29(4)5)53(9)45(60)55-20-17-47(55)25-52(8)26-47/h11,13,15-16,18,21,24,28-29,34-35,40,51H,10,12,14,17,19-20,22-23,25-27H2,1-9H3,(H,50,57)/t34-,35-,40-/m0/s1. The maximum Gasteiger partial charge on any atom is 0.324 e. The normalized spacial score (nSPS) is 22.0. The minimum Gasteiger partial charge on any atom is -0.464 e. The molecule has 8 rings (SSSR count). The first-order chi connectivity index (χ1) is 29.5. The zero-order valence-corrected chi connectivity index (χ0v) is 38.6. The second-order valence-electron chi connectivity index (χ2n) is 19.4. The van der Waals surface area contributed by atoms with Crippen molar-refractivity contribution in [1.82, 2.24) is 45.0 Å². The number of carbonyl (C=O) groups is 4. The fourth-order valence-electron chi connectivity index (χ4n) is 10.2. The van der Waals surface area contributed by atoms with Gasteiger partial charge < -0.3 is 29.3 Å². The van der Waals surface area contributed by atoms with E-state index >= 15 is 0 Å². The van der Waals surface area contributed by atoms with Crippen molar-refractivity contribution >= 4 is 46.1 Å². The van der Waals surface area contributed by atoms with Gasteiger partial charge in [-0.25, -0.2) is 15.2 Å². The first kappa shape index (κ1) is 43.8. The Bertz CT molecular complexity index is 2360. The highest BCUT2D eigenvalue weighted by atomic mass is 32.1. The summed E-state index contributed by atoms with van der Waals surface area (Å²) in [4.78, 5) is 72.4. The number of hydrogen-bond donors (Lipinski definition) is 2. The Morgan fingerprint density at radius 1 is 1.11 bits per heavy atom. The number of fused-ring (bicyclic) bond motifs is 6. The first-order valence-electron chi connectivity index (χ1n) is 22.3. The van der Waals surface area contributed by atoms with E-state index in [0.29, 0.717) is 37.4 Å². The van der Waals surface area contributed by atoms with E-state index in [-0.39, 0.29) is 42.3 Å². The molecule has 0 saturated carbocycles. The van der Waals surface area contributed by atoms with Crippen molar-refractivity contribution < 1.29 is 23.9 Å². The number of carbonyl (C=O) groups excluding carboxylic acids is 4. The molecule has 4 aromatic rings. The summed E-state index contributed by atoms with van der Waals surface area (Å²) in [6.07, 6.45) is 4.65. The monoisotopic (exact) mass is 865 g/mol. The lowest BCUT2D eigenvalue weighted by atomic mass is 9.78. The lowest BCUT2D eigenvalue weighted by Crippen LogP contribution is -2.78. The highest BCUT2D eigenvalue weighted by Gasteiger charge is 2.55. The summed E-state index contributed by atoms with van der Waals surface area (Å²) in [7, 11) is 3.73. The van der Waals surface area contributed by atoms with Crippen LogP contribution in [-0.2, 0) is 38.5 Å². The Labute approximate surface area is 369 Å². The van der Waals surface area contributed by atoms with Crippen LogP contribution in [0.3, 0.4) is 0 Å². The van der Waals surface area contributed by atoms with E-state index in [9.17, 15) is 19.2 Å². The second kappa shape index (κ2) is 17.0. The number of esters is 1. The van der Waals surface area contributed by atoms with Gasteiger partial charge in [0, 0.05) is 85.2 Å². The van der Waals surface area contributed by atoms with Crippen molar-refractivity contribution in [2.45, 2.75) is 117 Å². The second-order valence-corrected chi connectivity index (χ2v) is 20.4. The number of aromatic nitrogens is 3. The topological polar surface area (TPSA) is 145 Å². The van der Waals surface area contributed by atoms with E-state index < -0.39 is 35.4 Å². The first-order valence-corrected chi connectivity index (χ1v) is 23.2. The highest BCUT2D eigenvalue weighted by Crippen LogP contribution is 2.42. The number of hydrogen-bond acceptors (Lipinski definition) is 10. The smallest absolute Gasteiger partial charge is 0.324 e. The number of amides is 4. The van der Waals surface area contributed by atoms with E-state index in [4.69, 9.17) is 14.7 Å². The maximum absolute atomic E-state index is 14.6. The van der Waals surface area contributed by atoms with Crippen LogP contribution >= 0.6 is 11.3 Å². The lowest BCUT2D eigenvalue weighted by Gasteiger charge is -2.62. The largest absolute Gasteiger partial charge is 0.464 e. The summed E-state index contributed by atoms with van der Waals surface area (Å²) in [5, 5.41) is 8.33. The quantitative estimate of drug-likeness (QED) is 0.211. The van der Waals surface area contributed by atoms with Gasteiger partial charge in [0.15, 0.2) is 0 Å². The van der Waals surface area contributed by atoms with Gasteiger partial charge in [0.2, 0.25) is 5.91 Å². The van der Waals surface area contributed by atoms with Crippen LogP contribution in [0.25, 0.3) is 33.4 Å². The molecule has 3 saturated heterocycles. The summed E-state index contributed by atoms with van der Waals surface area (Å²) in [6, 6.07) is 7.88.